The lowest BCUT2D eigenvalue weighted by Gasteiger charge is -2.27. The molecule has 0 aliphatic carbocycles. The summed E-state index contributed by atoms with van der Waals surface area (Å²) in [6.45, 7) is 2.24. The first kappa shape index (κ1) is 30.9. The molecule has 0 saturated heterocycles. The first-order valence-electron chi connectivity index (χ1n) is 11.5. The Kier molecular flexibility index (Phi) is 16.2. The van der Waals surface area contributed by atoms with Crippen molar-refractivity contribution < 1.29 is 4.79 Å². The number of carbonyl (C=O) groups is 1. The molecule has 1 amide bonds. The number of thiocarbonyl (C=S) groups is 1. The fraction of sp³-hybridized carbons (Fsp3) is 0.652. The van der Waals surface area contributed by atoms with Crippen LogP contribution < -0.4 is 16.0 Å². The van der Waals surface area contributed by atoms with Crippen LogP contribution in [-0.2, 0) is 4.79 Å². The molecule has 1 aromatic carbocycles. The molecule has 1 rings (SSSR count). The van der Waals surface area contributed by atoms with Crippen LogP contribution in [0.3, 0.4) is 0 Å². The Hall–Kier alpha value is -0.170. The van der Waals surface area contributed by atoms with Crippen LogP contribution in [0.25, 0.3) is 0 Å². The molecule has 0 fully saturated rings. The highest BCUT2D eigenvalue weighted by Gasteiger charge is 2.34. The molecular weight excluding hydrogens is 544 g/mol. The molecule has 4 nitrogen and oxygen atoms in total. The number of alkyl halides is 3. The lowest BCUT2D eigenvalue weighted by Crippen LogP contribution is -2.56. The molecule has 10 heteroatoms. The third kappa shape index (κ3) is 14.7. The van der Waals surface area contributed by atoms with Crippen molar-refractivity contribution in [3.05, 3.63) is 28.2 Å². The number of nitrogens with one attached hydrogen (secondary N) is 3. The number of anilines is 1. The van der Waals surface area contributed by atoms with Crippen molar-refractivity contribution in [1.82, 2.24) is 10.6 Å². The van der Waals surface area contributed by atoms with Gasteiger partial charge in [-0.05, 0) is 36.8 Å². The molecule has 0 aromatic heterocycles. The third-order valence-electron chi connectivity index (χ3n) is 5.09. The number of unbranched alkanes of at least 4 members (excludes halogenated alkanes) is 10. The van der Waals surface area contributed by atoms with Gasteiger partial charge in [-0.25, -0.2) is 0 Å². The summed E-state index contributed by atoms with van der Waals surface area (Å²) in [7, 11) is 0. The van der Waals surface area contributed by atoms with Gasteiger partial charge in [0.05, 0.1) is 10.0 Å². The van der Waals surface area contributed by atoms with Gasteiger partial charge in [0.1, 0.15) is 6.17 Å². The van der Waals surface area contributed by atoms with Crippen molar-refractivity contribution in [2.45, 2.75) is 93.9 Å². The van der Waals surface area contributed by atoms with Crippen LogP contribution in [-0.4, -0.2) is 21.0 Å². The van der Waals surface area contributed by atoms with Crippen molar-refractivity contribution in [3.63, 3.8) is 0 Å². The summed E-state index contributed by atoms with van der Waals surface area (Å²) in [4.78, 5) is 12.4. The van der Waals surface area contributed by atoms with E-state index in [4.69, 9.17) is 70.2 Å². The summed E-state index contributed by atoms with van der Waals surface area (Å²) >= 11 is 35.3. The van der Waals surface area contributed by atoms with E-state index in [0.29, 0.717) is 22.2 Å². The Bertz CT molecular complexity index is 731. The first-order chi connectivity index (χ1) is 15.6. The van der Waals surface area contributed by atoms with Crippen molar-refractivity contribution >= 4 is 86.9 Å². The highest BCUT2D eigenvalue weighted by Crippen LogP contribution is 2.29. The Morgan fingerprint density at radius 1 is 0.879 bits per heavy atom. The lowest BCUT2D eigenvalue weighted by molar-refractivity contribution is -0.122. The van der Waals surface area contributed by atoms with E-state index in [9.17, 15) is 4.79 Å². The maximum absolute atomic E-state index is 12.4. The van der Waals surface area contributed by atoms with Crippen molar-refractivity contribution in [2.75, 3.05) is 5.32 Å². The van der Waals surface area contributed by atoms with Gasteiger partial charge in [-0.3, -0.25) is 4.79 Å². The van der Waals surface area contributed by atoms with Crippen molar-refractivity contribution in [3.8, 4) is 0 Å². The second kappa shape index (κ2) is 17.3. The Morgan fingerprint density at radius 2 is 1.42 bits per heavy atom. The molecule has 0 bridgehead atoms. The summed E-state index contributed by atoms with van der Waals surface area (Å²) in [5.74, 6) is -0.202. The quantitative estimate of drug-likeness (QED) is 0.0844. The number of hydrogen-bond donors (Lipinski definition) is 3. The Balaban J connectivity index is 2.30. The van der Waals surface area contributed by atoms with E-state index in [0.717, 1.165) is 19.3 Å². The maximum Gasteiger partial charge on any atom is 0.228 e. The van der Waals surface area contributed by atoms with Crippen LogP contribution >= 0.6 is 70.2 Å². The molecule has 0 saturated carbocycles. The standard InChI is InChI=1S/C23H34Cl5N3OS/c1-2-3-4-5-6-7-8-9-10-11-12-13-20(32)30-21(23(26,27)28)31-22(33)29-17-14-15-18(24)19(25)16-17/h14-16,21H,2-13H2,1H3,(H,30,32)(H2,29,31,33)/t21-/m0/s1. The van der Waals surface area contributed by atoms with Crippen molar-refractivity contribution in [1.29, 1.82) is 0 Å². The van der Waals surface area contributed by atoms with Crippen molar-refractivity contribution in [2.24, 2.45) is 0 Å². The molecule has 33 heavy (non-hydrogen) atoms. The second-order valence-corrected chi connectivity index (χ2v) is 11.6. The van der Waals surface area contributed by atoms with E-state index in [-0.39, 0.29) is 11.0 Å². The molecule has 0 aliphatic rings. The minimum atomic E-state index is -1.80. The van der Waals surface area contributed by atoms with Gasteiger partial charge in [0.15, 0.2) is 5.11 Å². The van der Waals surface area contributed by atoms with Crippen LogP contribution in [0.5, 0.6) is 0 Å². The molecule has 3 N–H and O–H groups in total. The van der Waals surface area contributed by atoms with Crippen LogP contribution in [0.2, 0.25) is 10.0 Å². The number of halogens is 5. The predicted octanol–water partition coefficient (Wildman–Crippen LogP) is 8.79. The third-order valence-corrected chi connectivity index (χ3v) is 6.71. The number of benzene rings is 1. The van der Waals surface area contributed by atoms with Gasteiger partial charge in [-0.1, -0.05) is 129 Å². The van der Waals surface area contributed by atoms with Gasteiger partial charge in [-0.2, -0.15) is 0 Å². The monoisotopic (exact) mass is 575 g/mol. The second-order valence-electron chi connectivity index (χ2n) is 8.06. The van der Waals surface area contributed by atoms with E-state index in [1.165, 1.54) is 51.4 Å². The van der Waals surface area contributed by atoms with Gasteiger partial charge >= 0.3 is 0 Å². The van der Waals surface area contributed by atoms with Gasteiger partial charge in [0.2, 0.25) is 9.70 Å². The smallest absolute Gasteiger partial charge is 0.228 e. The van der Waals surface area contributed by atoms with Crippen LogP contribution in [0.1, 0.15) is 84.0 Å². The Morgan fingerprint density at radius 3 is 1.94 bits per heavy atom. The largest absolute Gasteiger partial charge is 0.339 e. The van der Waals surface area contributed by atoms with Gasteiger partial charge in [-0.15, -0.1) is 0 Å². The van der Waals surface area contributed by atoms with Crippen LogP contribution in [0.4, 0.5) is 5.69 Å². The number of rotatable bonds is 15. The van der Waals surface area contributed by atoms with Crippen LogP contribution in [0.15, 0.2) is 18.2 Å². The molecular formula is C23H34Cl5N3OS. The van der Waals surface area contributed by atoms with E-state index in [2.05, 4.69) is 22.9 Å². The zero-order chi connectivity index (χ0) is 24.7. The zero-order valence-corrected chi connectivity index (χ0v) is 23.6. The van der Waals surface area contributed by atoms with Crippen LogP contribution in [0, 0.1) is 0 Å². The normalized spacial score (nSPS) is 12.3. The zero-order valence-electron chi connectivity index (χ0n) is 19.0. The topological polar surface area (TPSA) is 53.2 Å². The highest BCUT2D eigenvalue weighted by atomic mass is 35.6. The molecule has 0 unspecified atom stereocenters. The summed E-state index contributed by atoms with van der Waals surface area (Å²) in [5, 5.41) is 9.44. The molecule has 0 aliphatic heterocycles. The first-order valence-corrected chi connectivity index (χ1v) is 13.8. The number of hydrogen-bond acceptors (Lipinski definition) is 2. The SMILES string of the molecule is CCCCCCCCCCCCCC(=O)N[C@@H](NC(=S)Nc1ccc(Cl)c(Cl)c1)C(Cl)(Cl)Cl. The molecule has 0 radical (unpaired) electrons. The fourth-order valence-electron chi connectivity index (χ4n) is 3.25. The van der Waals surface area contributed by atoms with Gasteiger partial charge < -0.3 is 16.0 Å². The average Bonchev–Trinajstić information content (AvgIpc) is 2.73. The molecule has 0 spiro atoms. The summed E-state index contributed by atoms with van der Waals surface area (Å²) < 4.78 is -1.80. The van der Waals surface area contributed by atoms with Gasteiger partial charge in [0.25, 0.3) is 0 Å². The average molecular weight is 578 g/mol. The minimum Gasteiger partial charge on any atom is -0.339 e. The molecule has 0 heterocycles. The van der Waals surface area contributed by atoms with E-state index >= 15 is 0 Å². The molecule has 188 valence electrons. The van der Waals surface area contributed by atoms with E-state index < -0.39 is 9.96 Å². The lowest BCUT2D eigenvalue weighted by atomic mass is 10.1. The predicted molar refractivity (Wildman–Crippen MR) is 149 cm³/mol. The summed E-state index contributed by atoms with van der Waals surface area (Å²) in [5.41, 5.74) is 0.609. The molecule has 1 atom stereocenters. The summed E-state index contributed by atoms with van der Waals surface area (Å²) in [6, 6.07) is 4.96. The molecule has 1 aromatic rings. The summed E-state index contributed by atoms with van der Waals surface area (Å²) in [6.07, 6.45) is 12.7. The van der Waals surface area contributed by atoms with E-state index in [1.54, 1.807) is 18.2 Å². The number of amides is 1. The van der Waals surface area contributed by atoms with Gasteiger partial charge in [0, 0.05) is 12.1 Å². The van der Waals surface area contributed by atoms with E-state index in [1.807, 2.05) is 0 Å². The Labute approximate surface area is 228 Å². The minimum absolute atomic E-state index is 0.166. The number of carbonyl (C=O) groups excluding carboxylic acids is 1. The maximum atomic E-state index is 12.4. The fourth-order valence-corrected chi connectivity index (χ4v) is 4.12. The highest BCUT2D eigenvalue weighted by molar-refractivity contribution is 7.80.